The van der Waals surface area contributed by atoms with E-state index in [-0.39, 0.29) is 16.9 Å². The molecule has 0 bridgehead atoms. The number of nitrogens with zero attached hydrogens (tertiary/aromatic N) is 1. The number of rotatable bonds is 8. The van der Waals surface area contributed by atoms with Crippen molar-refractivity contribution in [3.05, 3.63) is 11.1 Å². The third-order valence-corrected chi connectivity index (χ3v) is 12.6. The van der Waals surface area contributed by atoms with Crippen molar-refractivity contribution in [1.82, 2.24) is 10.2 Å². The molecule has 0 aromatic rings. The summed E-state index contributed by atoms with van der Waals surface area (Å²) in [5, 5.41) is 16.9. The highest BCUT2D eigenvalue weighted by molar-refractivity contribution is 6.29. The molecule has 3 nitrogen and oxygen atoms in total. The Labute approximate surface area is 240 Å². The Bertz CT molecular complexity index is 795. The van der Waals surface area contributed by atoms with E-state index in [2.05, 4.69) is 64.8 Å². The Hall–Kier alpha value is -0.0900. The molecule has 2 saturated carbocycles. The maximum absolute atomic E-state index is 11.8. The molecule has 9 atom stereocenters. The molecule has 1 saturated heterocycles. The fourth-order valence-electron chi connectivity index (χ4n) is 9.19. The van der Waals surface area contributed by atoms with Gasteiger partial charge in [-0.2, -0.15) is 0 Å². The summed E-state index contributed by atoms with van der Waals surface area (Å²) in [6.07, 6.45) is 17.7. The molecule has 4 heteroatoms. The van der Waals surface area contributed by atoms with Crippen molar-refractivity contribution in [3.8, 4) is 0 Å². The summed E-state index contributed by atoms with van der Waals surface area (Å²) in [6.45, 7) is 18.8. The van der Waals surface area contributed by atoms with E-state index in [1.165, 1.54) is 57.8 Å². The summed E-state index contributed by atoms with van der Waals surface area (Å²) in [5.74, 6) is 4.63. The van der Waals surface area contributed by atoms with Gasteiger partial charge in [0.05, 0.1) is 0 Å². The minimum atomic E-state index is -0.430. The van der Waals surface area contributed by atoms with Crippen LogP contribution < -0.4 is 5.32 Å². The highest BCUT2D eigenvalue weighted by Crippen LogP contribution is 2.55. The van der Waals surface area contributed by atoms with E-state index in [9.17, 15) is 5.11 Å². The van der Waals surface area contributed by atoms with Gasteiger partial charge in [0.25, 0.3) is 0 Å². The molecule has 220 valence electrons. The van der Waals surface area contributed by atoms with Crippen molar-refractivity contribution in [2.75, 3.05) is 13.1 Å². The van der Waals surface area contributed by atoms with Gasteiger partial charge in [0, 0.05) is 30.2 Å². The molecular formula is C34H61ClN2O. The lowest BCUT2D eigenvalue weighted by molar-refractivity contribution is -0.128. The molecule has 3 aliphatic carbocycles. The zero-order valence-corrected chi connectivity index (χ0v) is 26.7. The van der Waals surface area contributed by atoms with Gasteiger partial charge in [0.15, 0.2) is 0 Å². The van der Waals surface area contributed by atoms with Crippen molar-refractivity contribution < 1.29 is 5.11 Å². The first-order valence-electron chi connectivity index (χ1n) is 16.4. The van der Waals surface area contributed by atoms with Gasteiger partial charge in [-0.05, 0) is 98.2 Å². The number of nitrogens with one attached hydrogen (secondary N) is 1. The van der Waals surface area contributed by atoms with Crippen molar-refractivity contribution in [2.45, 2.75) is 144 Å². The Kier molecular flexibility index (Phi) is 10.4. The number of hydrogen-bond donors (Lipinski definition) is 2. The summed E-state index contributed by atoms with van der Waals surface area (Å²) in [7, 11) is 0. The normalized spacial score (nSPS) is 39.4. The molecule has 0 aromatic carbocycles. The highest BCUT2D eigenvalue weighted by Gasteiger charge is 2.51. The second kappa shape index (κ2) is 12.8. The number of allylic oxidation sites excluding steroid dienone is 2. The molecule has 1 heterocycles. The Morgan fingerprint density at radius 1 is 1.00 bits per heavy atom. The van der Waals surface area contributed by atoms with Gasteiger partial charge < -0.3 is 10.4 Å². The Balaban J connectivity index is 1.37. The monoisotopic (exact) mass is 548 g/mol. The Morgan fingerprint density at radius 3 is 2.29 bits per heavy atom. The minimum Gasteiger partial charge on any atom is -0.377 e. The fraction of sp³-hybridized carbons (Fsp3) is 0.941. The molecule has 1 aliphatic heterocycles. The number of likely N-dealkylation sites (tertiary alicyclic amines) is 1. The predicted molar refractivity (Wildman–Crippen MR) is 163 cm³/mol. The molecular weight excluding hydrogens is 488 g/mol. The van der Waals surface area contributed by atoms with E-state index in [4.69, 9.17) is 11.6 Å². The van der Waals surface area contributed by atoms with Crippen LogP contribution in [-0.4, -0.2) is 41.4 Å². The van der Waals surface area contributed by atoms with Gasteiger partial charge in [-0.1, -0.05) is 91.3 Å². The van der Waals surface area contributed by atoms with E-state index in [0.29, 0.717) is 17.9 Å². The number of hydrogen-bond acceptors (Lipinski definition) is 3. The first kappa shape index (κ1) is 30.9. The predicted octanol–water partition coefficient (Wildman–Crippen LogP) is 8.60. The van der Waals surface area contributed by atoms with Crippen molar-refractivity contribution in [2.24, 2.45) is 46.3 Å². The van der Waals surface area contributed by atoms with Gasteiger partial charge in [0.1, 0.15) is 6.23 Å². The smallest absolute Gasteiger partial charge is 0.123 e. The molecule has 2 N–H and O–H groups in total. The van der Waals surface area contributed by atoms with Crippen LogP contribution in [0.15, 0.2) is 11.1 Å². The molecule has 3 fully saturated rings. The standard InChI is InChI=1S/C34H61ClN2O/c1-23(2)31(36-25(4)26-11-9-13-28(21-26)27-12-8-10-24(3)20-27)32(38)37-19-18-34(7,33(5,6)22-37)29-14-16-30(35)17-15-29/h16,23-29,31-32,36,38H,8-15,17-22H2,1-7H3/t24?,25?,26?,27?,28?,29?,31-,32?,34?/m1/s1. The Morgan fingerprint density at radius 2 is 1.68 bits per heavy atom. The van der Waals surface area contributed by atoms with Gasteiger partial charge in [-0.15, -0.1) is 0 Å². The number of halogens is 1. The van der Waals surface area contributed by atoms with Gasteiger partial charge in [-0.25, -0.2) is 0 Å². The highest BCUT2D eigenvalue weighted by atomic mass is 35.5. The van der Waals surface area contributed by atoms with Crippen LogP contribution in [0.2, 0.25) is 0 Å². The zero-order chi connectivity index (χ0) is 27.7. The summed E-state index contributed by atoms with van der Waals surface area (Å²) >= 11 is 6.33. The molecule has 4 aliphatic rings. The zero-order valence-electron chi connectivity index (χ0n) is 25.9. The molecule has 38 heavy (non-hydrogen) atoms. The van der Waals surface area contributed by atoms with Crippen LogP contribution in [0.1, 0.15) is 126 Å². The number of aliphatic hydroxyl groups excluding tert-OH is 1. The van der Waals surface area contributed by atoms with E-state index >= 15 is 0 Å². The van der Waals surface area contributed by atoms with Crippen LogP contribution in [0.3, 0.4) is 0 Å². The largest absolute Gasteiger partial charge is 0.377 e. The topological polar surface area (TPSA) is 35.5 Å². The second-order valence-corrected chi connectivity index (χ2v) is 16.0. The molecule has 8 unspecified atom stereocenters. The van der Waals surface area contributed by atoms with E-state index in [0.717, 1.165) is 61.1 Å². The van der Waals surface area contributed by atoms with Crippen molar-refractivity contribution >= 4 is 11.6 Å². The van der Waals surface area contributed by atoms with E-state index in [1.54, 1.807) is 0 Å². The third-order valence-electron chi connectivity index (χ3n) is 12.3. The first-order chi connectivity index (χ1) is 17.9. The molecule has 0 aromatic heterocycles. The lowest BCUT2D eigenvalue weighted by atomic mass is 9.54. The summed E-state index contributed by atoms with van der Waals surface area (Å²) < 4.78 is 0. The fourth-order valence-corrected chi connectivity index (χ4v) is 9.39. The first-order valence-corrected chi connectivity index (χ1v) is 16.8. The molecule has 0 spiro atoms. The lowest BCUT2D eigenvalue weighted by Crippen LogP contribution is -2.62. The van der Waals surface area contributed by atoms with Gasteiger partial charge >= 0.3 is 0 Å². The second-order valence-electron chi connectivity index (χ2n) is 15.5. The van der Waals surface area contributed by atoms with Crippen LogP contribution in [0, 0.1) is 46.3 Å². The van der Waals surface area contributed by atoms with E-state index in [1.807, 2.05) is 0 Å². The number of piperidine rings is 1. The maximum Gasteiger partial charge on any atom is 0.123 e. The lowest BCUT2D eigenvalue weighted by Gasteiger charge is -2.57. The van der Waals surface area contributed by atoms with Crippen LogP contribution in [-0.2, 0) is 0 Å². The molecule has 0 radical (unpaired) electrons. The quantitative estimate of drug-likeness (QED) is 0.318. The number of aliphatic hydroxyl groups is 1. The third kappa shape index (κ3) is 6.85. The summed E-state index contributed by atoms with van der Waals surface area (Å²) in [4.78, 5) is 2.41. The average molecular weight is 549 g/mol. The van der Waals surface area contributed by atoms with Gasteiger partial charge in [0.2, 0.25) is 0 Å². The van der Waals surface area contributed by atoms with Crippen LogP contribution >= 0.6 is 11.6 Å². The van der Waals surface area contributed by atoms with E-state index < -0.39 is 6.23 Å². The summed E-state index contributed by atoms with van der Waals surface area (Å²) in [5.41, 5.74) is 0.425. The molecule has 4 rings (SSSR count). The SMILES string of the molecule is CC1CCCC(C2CCCC(C(C)N[C@H](C(C)C)C(O)N3CCC(C)(C4CC=C(Cl)CC4)C(C)(C)C3)C2)C1. The van der Waals surface area contributed by atoms with Crippen molar-refractivity contribution in [3.63, 3.8) is 0 Å². The van der Waals surface area contributed by atoms with Crippen LogP contribution in [0.4, 0.5) is 0 Å². The summed E-state index contributed by atoms with van der Waals surface area (Å²) in [6, 6.07) is 0.569. The van der Waals surface area contributed by atoms with Gasteiger partial charge in [-0.3, -0.25) is 4.90 Å². The minimum absolute atomic E-state index is 0.108. The molecule has 0 amide bonds. The van der Waals surface area contributed by atoms with Crippen LogP contribution in [0.25, 0.3) is 0 Å². The van der Waals surface area contributed by atoms with Crippen molar-refractivity contribution in [1.29, 1.82) is 0 Å². The average Bonchev–Trinajstić information content (AvgIpc) is 2.88. The van der Waals surface area contributed by atoms with Crippen LogP contribution in [0.5, 0.6) is 0 Å². The maximum atomic E-state index is 11.8.